The molecule has 0 aromatic heterocycles. The molecule has 4 N–H and O–H groups in total. The summed E-state index contributed by atoms with van der Waals surface area (Å²) in [5, 5.41) is 41.7. The standard InChI is InChI=1S/C35H64O7/c1-3-4-5-6-7-8-9-10-11-14-21-31(38)33-23-24-34(42-33)32(39)22-15-12-13-18-29(36)19-16-17-20-30(37)26-28-25-27(2)41-35(28)40/h25,27,29-34,36-39H,3-24,26H2,1-2H3/t27-,29?,30+,31-,32+,33+,34+/m0/s1. The Morgan fingerprint density at radius 2 is 1.10 bits per heavy atom. The van der Waals surface area contributed by atoms with Gasteiger partial charge in [0.15, 0.2) is 0 Å². The summed E-state index contributed by atoms with van der Waals surface area (Å²) in [5.41, 5.74) is 0.566. The van der Waals surface area contributed by atoms with Crippen molar-refractivity contribution >= 4 is 5.97 Å². The minimum atomic E-state index is -0.551. The van der Waals surface area contributed by atoms with Gasteiger partial charge in [-0.15, -0.1) is 0 Å². The molecule has 0 aromatic carbocycles. The Morgan fingerprint density at radius 1 is 0.667 bits per heavy atom. The lowest BCUT2D eigenvalue weighted by molar-refractivity contribution is -0.139. The summed E-state index contributed by atoms with van der Waals surface area (Å²) in [5.74, 6) is -0.321. The molecule has 2 aliphatic rings. The number of hydrogen-bond donors (Lipinski definition) is 4. The highest BCUT2D eigenvalue weighted by molar-refractivity contribution is 5.90. The molecule has 1 fully saturated rings. The van der Waals surface area contributed by atoms with Gasteiger partial charge in [-0.3, -0.25) is 0 Å². The maximum atomic E-state index is 11.7. The summed E-state index contributed by atoms with van der Waals surface area (Å²) >= 11 is 0. The molecule has 0 saturated carbocycles. The lowest BCUT2D eigenvalue weighted by atomic mass is 9.99. The van der Waals surface area contributed by atoms with Crippen LogP contribution in [0.2, 0.25) is 0 Å². The molecule has 0 spiro atoms. The van der Waals surface area contributed by atoms with Gasteiger partial charge >= 0.3 is 5.97 Å². The van der Waals surface area contributed by atoms with Gasteiger partial charge in [-0.1, -0.05) is 103 Å². The van der Waals surface area contributed by atoms with Crippen LogP contribution >= 0.6 is 0 Å². The fraction of sp³-hybridized carbons (Fsp3) is 0.914. The fourth-order valence-corrected chi connectivity index (χ4v) is 6.42. The van der Waals surface area contributed by atoms with Crippen molar-refractivity contribution in [1.82, 2.24) is 0 Å². The zero-order valence-corrected chi connectivity index (χ0v) is 26.9. The first kappa shape index (κ1) is 37.2. The van der Waals surface area contributed by atoms with Crippen molar-refractivity contribution in [1.29, 1.82) is 0 Å². The molecule has 2 aliphatic heterocycles. The molecule has 2 heterocycles. The lowest BCUT2D eigenvalue weighted by Gasteiger charge is -2.22. The zero-order valence-electron chi connectivity index (χ0n) is 26.9. The maximum absolute atomic E-state index is 11.7. The monoisotopic (exact) mass is 596 g/mol. The lowest BCUT2D eigenvalue weighted by Crippen LogP contribution is -2.31. The number of aliphatic hydroxyl groups is 4. The van der Waals surface area contributed by atoms with Gasteiger partial charge in [0, 0.05) is 12.0 Å². The van der Waals surface area contributed by atoms with Gasteiger partial charge in [-0.2, -0.15) is 0 Å². The summed E-state index contributed by atoms with van der Waals surface area (Å²) in [4.78, 5) is 11.7. The van der Waals surface area contributed by atoms with E-state index in [0.717, 1.165) is 70.6 Å². The van der Waals surface area contributed by atoms with Crippen LogP contribution in [0.25, 0.3) is 0 Å². The number of rotatable bonds is 26. The number of carbonyl (C=O) groups excluding carboxylic acids is 1. The molecule has 7 heteroatoms. The SMILES string of the molecule is CCCCCCCCCCCC[C@H](O)[C@H]1CC[C@H]([C@H](O)CCCCCC(O)CCCC[C@@H](O)CC2=C[C@H](C)OC2=O)O1. The maximum Gasteiger partial charge on any atom is 0.334 e. The van der Waals surface area contributed by atoms with Crippen LogP contribution in [0.3, 0.4) is 0 Å². The highest BCUT2D eigenvalue weighted by Crippen LogP contribution is 2.28. The molecule has 7 atom stereocenters. The third kappa shape index (κ3) is 16.2. The van der Waals surface area contributed by atoms with E-state index in [-0.39, 0.29) is 30.4 Å². The van der Waals surface area contributed by atoms with Gasteiger partial charge in [0.25, 0.3) is 0 Å². The molecule has 0 amide bonds. The quantitative estimate of drug-likeness (QED) is 0.0624. The molecule has 2 rings (SSSR count). The van der Waals surface area contributed by atoms with E-state index in [0.29, 0.717) is 24.8 Å². The van der Waals surface area contributed by atoms with Crippen LogP contribution < -0.4 is 0 Å². The van der Waals surface area contributed by atoms with Crippen molar-refractivity contribution in [2.24, 2.45) is 0 Å². The van der Waals surface area contributed by atoms with E-state index in [1.807, 2.05) is 6.92 Å². The van der Waals surface area contributed by atoms with E-state index in [4.69, 9.17) is 9.47 Å². The van der Waals surface area contributed by atoms with Crippen molar-refractivity contribution in [2.75, 3.05) is 0 Å². The van der Waals surface area contributed by atoms with Crippen LogP contribution in [0.15, 0.2) is 11.6 Å². The Bertz CT molecular complexity index is 726. The topological polar surface area (TPSA) is 116 Å². The summed E-state index contributed by atoms with van der Waals surface area (Å²) in [6, 6.07) is 0. The van der Waals surface area contributed by atoms with E-state index in [1.54, 1.807) is 6.08 Å². The smallest absolute Gasteiger partial charge is 0.334 e. The minimum absolute atomic E-state index is 0.139. The molecule has 0 radical (unpaired) electrons. The number of carbonyl (C=O) groups is 1. The van der Waals surface area contributed by atoms with Crippen LogP contribution in [0.5, 0.6) is 0 Å². The van der Waals surface area contributed by atoms with Crippen LogP contribution in [0, 0.1) is 0 Å². The Morgan fingerprint density at radius 3 is 1.60 bits per heavy atom. The second-order valence-electron chi connectivity index (χ2n) is 13.1. The average molecular weight is 597 g/mol. The first-order chi connectivity index (χ1) is 20.3. The number of unbranched alkanes of at least 4 members (excludes halogenated alkanes) is 12. The summed E-state index contributed by atoms with van der Waals surface area (Å²) in [6.07, 6.45) is 22.4. The number of cyclic esters (lactones) is 1. The Hall–Kier alpha value is -0.990. The van der Waals surface area contributed by atoms with Crippen molar-refractivity contribution in [3.63, 3.8) is 0 Å². The normalized spacial score (nSPS) is 23.5. The molecule has 0 bridgehead atoms. The van der Waals surface area contributed by atoms with Gasteiger partial charge < -0.3 is 29.9 Å². The van der Waals surface area contributed by atoms with Crippen molar-refractivity contribution in [3.8, 4) is 0 Å². The summed E-state index contributed by atoms with van der Waals surface area (Å²) < 4.78 is 11.1. The van der Waals surface area contributed by atoms with Crippen LogP contribution in [-0.2, 0) is 14.3 Å². The molecular weight excluding hydrogens is 532 g/mol. The van der Waals surface area contributed by atoms with E-state index in [9.17, 15) is 25.2 Å². The Labute approximate surface area is 256 Å². The highest BCUT2D eigenvalue weighted by atomic mass is 16.5. The van der Waals surface area contributed by atoms with Crippen LogP contribution in [0.4, 0.5) is 0 Å². The molecule has 0 aliphatic carbocycles. The number of hydrogen-bond acceptors (Lipinski definition) is 7. The number of esters is 1. The average Bonchev–Trinajstić information content (AvgIpc) is 3.58. The minimum Gasteiger partial charge on any atom is -0.455 e. The van der Waals surface area contributed by atoms with Gasteiger partial charge in [0.05, 0.1) is 36.6 Å². The third-order valence-corrected chi connectivity index (χ3v) is 9.11. The zero-order chi connectivity index (χ0) is 30.6. The fourth-order valence-electron chi connectivity index (χ4n) is 6.42. The highest BCUT2D eigenvalue weighted by Gasteiger charge is 2.34. The van der Waals surface area contributed by atoms with Crippen LogP contribution in [-0.4, -0.2) is 69.1 Å². The molecular formula is C35H64O7. The molecule has 1 unspecified atom stereocenters. The van der Waals surface area contributed by atoms with Gasteiger partial charge in [0.1, 0.15) is 6.10 Å². The predicted octanol–water partition coefficient (Wildman–Crippen LogP) is 7.06. The third-order valence-electron chi connectivity index (χ3n) is 9.11. The molecule has 1 saturated heterocycles. The van der Waals surface area contributed by atoms with Gasteiger partial charge in [-0.25, -0.2) is 4.79 Å². The van der Waals surface area contributed by atoms with E-state index < -0.39 is 18.3 Å². The predicted molar refractivity (Wildman–Crippen MR) is 168 cm³/mol. The molecule has 246 valence electrons. The van der Waals surface area contributed by atoms with Crippen LogP contribution in [0.1, 0.15) is 162 Å². The summed E-state index contributed by atoms with van der Waals surface area (Å²) in [7, 11) is 0. The first-order valence-electron chi connectivity index (χ1n) is 17.6. The Kier molecular flexibility index (Phi) is 19.9. The molecule has 42 heavy (non-hydrogen) atoms. The van der Waals surface area contributed by atoms with Crippen molar-refractivity contribution in [2.45, 2.75) is 204 Å². The van der Waals surface area contributed by atoms with Crippen molar-refractivity contribution < 1.29 is 34.7 Å². The second kappa shape index (κ2) is 22.5. The first-order valence-corrected chi connectivity index (χ1v) is 17.6. The van der Waals surface area contributed by atoms with E-state index >= 15 is 0 Å². The van der Waals surface area contributed by atoms with Crippen molar-refractivity contribution in [3.05, 3.63) is 11.6 Å². The molecule has 7 nitrogen and oxygen atoms in total. The van der Waals surface area contributed by atoms with Gasteiger partial charge in [-0.05, 0) is 57.9 Å². The van der Waals surface area contributed by atoms with E-state index in [2.05, 4.69) is 6.92 Å². The number of ether oxygens (including phenoxy) is 2. The number of aliphatic hydroxyl groups excluding tert-OH is 4. The van der Waals surface area contributed by atoms with E-state index in [1.165, 1.54) is 57.8 Å². The largest absolute Gasteiger partial charge is 0.455 e. The van der Waals surface area contributed by atoms with Gasteiger partial charge in [0.2, 0.25) is 0 Å². The second-order valence-corrected chi connectivity index (χ2v) is 13.1. The Balaban J connectivity index is 1.41. The summed E-state index contributed by atoms with van der Waals surface area (Å²) in [6.45, 7) is 4.07. The molecule has 0 aromatic rings.